The summed E-state index contributed by atoms with van der Waals surface area (Å²) >= 11 is 0. The van der Waals surface area contributed by atoms with E-state index in [2.05, 4.69) is 10.6 Å². The number of carbonyl (C=O) groups excluding carboxylic acids is 1. The lowest BCUT2D eigenvalue weighted by Gasteiger charge is -2.14. The molecule has 1 atom stereocenters. The van der Waals surface area contributed by atoms with Crippen molar-refractivity contribution in [3.8, 4) is 0 Å². The van der Waals surface area contributed by atoms with Crippen LogP contribution >= 0.6 is 0 Å². The molecule has 0 aromatic heterocycles. The van der Waals surface area contributed by atoms with Crippen molar-refractivity contribution in [2.24, 2.45) is 0 Å². The van der Waals surface area contributed by atoms with Crippen LogP contribution in [0.2, 0.25) is 0 Å². The molecule has 3 N–H and O–H groups in total. The molecular formula is C17H20N2O3. The molecule has 0 fully saturated rings. The van der Waals surface area contributed by atoms with E-state index in [9.17, 15) is 9.59 Å². The molecule has 0 aliphatic rings. The summed E-state index contributed by atoms with van der Waals surface area (Å²) in [6.07, 6.45) is 0.720. The number of anilines is 1. The lowest BCUT2D eigenvalue weighted by molar-refractivity contribution is -0.141. The molecule has 0 aliphatic heterocycles. The number of rotatable bonds is 7. The maximum atomic E-state index is 12.0. The van der Waals surface area contributed by atoms with Crippen molar-refractivity contribution in [2.75, 3.05) is 11.9 Å². The Balaban J connectivity index is 2.01. The summed E-state index contributed by atoms with van der Waals surface area (Å²) in [5, 5.41) is 16.8. The highest BCUT2D eigenvalue weighted by Gasteiger charge is 2.20. The van der Waals surface area contributed by atoms with Crippen LogP contribution in [-0.4, -0.2) is 29.6 Å². The molecule has 1 amide bonds. The van der Waals surface area contributed by atoms with E-state index < -0.39 is 12.0 Å². The second-order valence-electron chi connectivity index (χ2n) is 5.16. The topological polar surface area (TPSA) is 78.4 Å². The number of amides is 1. The lowest BCUT2D eigenvalue weighted by Crippen LogP contribution is -2.40. The summed E-state index contributed by atoms with van der Waals surface area (Å²) in [7, 11) is 0. The molecule has 1 unspecified atom stereocenters. The predicted molar refractivity (Wildman–Crippen MR) is 86.9 cm³/mol. The van der Waals surface area contributed by atoms with Crippen LogP contribution in [0.1, 0.15) is 19.8 Å². The van der Waals surface area contributed by atoms with Crippen molar-refractivity contribution in [3.63, 3.8) is 0 Å². The minimum atomic E-state index is -1.01. The lowest BCUT2D eigenvalue weighted by atomic mass is 10.1. The molecule has 0 saturated heterocycles. The van der Waals surface area contributed by atoms with Gasteiger partial charge in [-0.05, 0) is 35.9 Å². The van der Waals surface area contributed by atoms with Crippen molar-refractivity contribution in [2.45, 2.75) is 25.8 Å². The number of carbonyl (C=O) groups is 2. The van der Waals surface area contributed by atoms with Crippen LogP contribution in [0.25, 0.3) is 10.8 Å². The van der Waals surface area contributed by atoms with Crippen molar-refractivity contribution in [1.29, 1.82) is 0 Å². The quantitative estimate of drug-likeness (QED) is 0.734. The van der Waals surface area contributed by atoms with E-state index in [4.69, 9.17) is 5.11 Å². The third-order valence-corrected chi connectivity index (χ3v) is 3.36. The zero-order valence-electron chi connectivity index (χ0n) is 12.5. The van der Waals surface area contributed by atoms with E-state index in [-0.39, 0.29) is 12.3 Å². The second kappa shape index (κ2) is 7.56. The van der Waals surface area contributed by atoms with Gasteiger partial charge in [0.05, 0.1) is 6.42 Å². The van der Waals surface area contributed by atoms with E-state index in [0.29, 0.717) is 12.2 Å². The summed E-state index contributed by atoms with van der Waals surface area (Å²) < 4.78 is 0. The molecule has 2 aromatic rings. The molecule has 2 aromatic carbocycles. The van der Waals surface area contributed by atoms with Gasteiger partial charge in [-0.15, -0.1) is 0 Å². The van der Waals surface area contributed by atoms with Crippen LogP contribution < -0.4 is 10.6 Å². The SMILES string of the molecule is CCCNC(CC(=O)Nc1ccc2ccccc2c1)C(=O)O. The van der Waals surface area contributed by atoms with Crippen LogP contribution in [-0.2, 0) is 9.59 Å². The Hall–Kier alpha value is -2.40. The molecule has 116 valence electrons. The molecule has 0 heterocycles. The number of carboxylic acid groups (broad SMARTS) is 1. The maximum absolute atomic E-state index is 12.0. The molecule has 0 aliphatic carbocycles. The van der Waals surface area contributed by atoms with Gasteiger partial charge in [0.2, 0.25) is 5.91 Å². The summed E-state index contributed by atoms with van der Waals surface area (Å²) in [5.41, 5.74) is 0.670. The van der Waals surface area contributed by atoms with Crippen LogP contribution in [0.4, 0.5) is 5.69 Å². The number of hydrogen-bond donors (Lipinski definition) is 3. The summed E-state index contributed by atoms with van der Waals surface area (Å²) in [6, 6.07) is 12.6. The van der Waals surface area contributed by atoms with E-state index in [1.807, 2.05) is 49.4 Å². The van der Waals surface area contributed by atoms with Gasteiger partial charge in [0.1, 0.15) is 6.04 Å². The van der Waals surface area contributed by atoms with Gasteiger partial charge in [0, 0.05) is 5.69 Å². The summed E-state index contributed by atoms with van der Waals surface area (Å²) in [5.74, 6) is -1.33. The Kier molecular flexibility index (Phi) is 5.49. The second-order valence-corrected chi connectivity index (χ2v) is 5.16. The Morgan fingerprint density at radius 1 is 1.14 bits per heavy atom. The highest BCUT2D eigenvalue weighted by molar-refractivity contribution is 5.96. The van der Waals surface area contributed by atoms with Gasteiger partial charge in [-0.3, -0.25) is 9.59 Å². The molecule has 2 rings (SSSR count). The third-order valence-electron chi connectivity index (χ3n) is 3.36. The highest BCUT2D eigenvalue weighted by Crippen LogP contribution is 2.19. The zero-order chi connectivity index (χ0) is 15.9. The predicted octanol–water partition coefficient (Wildman–Crippen LogP) is 2.62. The van der Waals surface area contributed by atoms with Gasteiger partial charge in [0.25, 0.3) is 0 Å². The number of nitrogens with one attached hydrogen (secondary N) is 2. The Morgan fingerprint density at radius 3 is 2.55 bits per heavy atom. The Labute approximate surface area is 129 Å². The zero-order valence-corrected chi connectivity index (χ0v) is 12.5. The number of carboxylic acids is 1. The van der Waals surface area contributed by atoms with Crippen LogP contribution in [0.15, 0.2) is 42.5 Å². The molecule has 0 bridgehead atoms. The van der Waals surface area contributed by atoms with Gasteiger partial charge in [-0.1, -0.05) is 37.3 Å². The van der Waals surface area contributed by atoms with Gasteiger partial charge in [0.15, 0.2) is 0 Å². The molecule has 0 saturated carbocycles. The van der Waals surface area contributed by atoms with Crippen molar-refractivity contribution in [1.82, 2.24) is 5.32 Å². The van der Waals surface area contributed by atoms with Gasteiger partial charge < -0.3 is 15.7 Å². The minimum Gasteiger partial charge on any atom is -0.480 e. The largest absolute Gasteiger partial charge is 0.480 e. The number of aliphatic carboxylic acids is 1. The smallest absolute Gasteiger partial charge is 0.321 e. The molecule has 22 heavy (non-hydrogen) atoms. The van der Waals surface area contributed by atoms with Crippen LogP contribution in [0, 0.1) is 0 Å². The van der Waals surface area contributed by atoms with E-state index >= 15 is 0 Å². The number of hydrogen-bond acceptors (Lipinski definition) is 3. The standard InChI is InChI=1S/C17H20N2O3/c1-2-9-18-15(17(21)22)11-16(20)19-14-8-7-12-5-3-4-6-13(12)10-14/h3-8,10,15,18H,2,9,11H2,1H3,(H,19,20)(H,21,22). The fourth-order valence-electron chi connectivity index (χ4n) is 2.23. The van der Waals surface area contributed by atoms with Gasteiger partial charge >= 0.3 is 5.97 Å². The van der Waals surface area contributed by atoms with E-state index in [1.54, 1.807) is 0 Å². The Morgan fingerprint density at radius 2 is 1.86 bits per heavy atom. The maximum Gasteiger partial charge on any atom is 0.321 e. The van der Waals surface area contributed by atoms with Crippen molar-refractivity contribution >= 4 is 28.3 Å². The first-order valence-corrected chi connectivity index (χ1v) is 7.35. The normalized spacial score (nSPS) is 12.0. The summed E-state index contributed by atoms with van der Waals surface area (Å²) in [6.45, 7) is 2.52. The molecule has 0 spiro atoms. The minimum absolute atomic E-state index is 0.0951. The van der Waals surface area contributed by atoms with Crippen LogP contribution in [0.5, 0.6) is 0 Å². The number of benzene rings is 2. The first-order valence-electron chi connectivity index (χ1n) is 7.35. The first-order chi connectivity index (χ1) is 10.6. The van der Waals surface area contributed by atoms with Gasteiger partial charge in [-0.2, -0.15) is 0 Å². The van der Waals surface area contributed by atoms with Gasteiger partial charge in [-0.25, -0.2) is 0 Å². The fraction of sp³-hybridized carbons (Fsp3) is 0.294. The fourth-order valence-corrected chi connectivity index (χ4v) is 2.23. The third kappa shape index (κ3) is 4.30. The average molecular weight is 300 g/mol. The van der Waals surface area contributed by atoms with Crippen molar-refractivity contribution in [3.05, 3.63) is 42.5 Å². The summed E-state index contributed by atoms with van der Waals surface area (Å²) in [4.78, 5) is 23.1. The molecular weight excluding hydrogens is 280 g/mol. The molecule has 0 radical (unpaired) electrons. The molecule has 5 nitrogen and oxygen atoms in total. The first kappa shape index (κ1) is 16.0. The average Bonchev–Trinajstić information content (AvgIpc) is 2.51. The van der Waals surface area contributed by atoms with Crippen LogP contribution in [0.3, 0.4) is 0 Å². The Bertz CT molecular complexity index is 670. The van der Waals surface area contributed by atoms with E-state index in [1.165, 1.54) is 0 Å². The number of fused-ring (bicyclic) bond motifs is 1. The highest BCUT2D eigenvalue weighted by atomic mass is 16.4. The monoisotopic (exact) mass is 300 g/mol. The molecule has 5 heteroatoms. The van der Waals surface area contributed by atoms with Crippen molar-refractivity contribution < 1.29 is 14.7 Å². The van der Waals surface area contributed by atoms with E-state index in [0.717, 1.165) is 17.2 Å².